The summed E-state index contributed by atoms with van der Waals surface area (Å²) in [7, 11) is 0. The third kappa shape index (κ3) is 3.32. The molecule has 138 valence electrons. The summed E-state index contributed by atoms with van der Waals surface area (Å²) in [5.41, 5.74) is 6.99. The normalized spacial score (nSPS) is 27.9. The molecule has 5 nitrogen and oxygen atoms in total. The molecule has 3 atom stereocenters. The summed E-state index contributed by atoms with van der Waals surface area (Å²) in [6.07, 6.45) is 5.22. The third-order valence-electron chi connectivity index (χ3n) is 5.77. The van der Waals surface area contributed by atoms with Crippen LogP contribution in [0.5, 0.6) is 11.5 Å². The summed E-state index contributed by atoms with van der Waals surface area (Å²) >= 11 is 0. The molecule has 2 fully saturated rings. The lowest BCUT2D eigenvalue weighted by atomic mass is 9.93. The van der Waals surface area contributed by atoms with Gasteiger partial charge in [0, 0.05) is 18.0 Å². The van der Waals surface area contributed by atoms with Gasteiger partial charge < -0.3 is 20.1 Å². The highest BCUT2D eigenvalue weighted by Crippen LogP contribution is 2.44. The van der Waals surface area contributed by atoms with Crippen LogP contribution in [-0.2, 0) is 4.79 Å². The van der Waals surface area contributed by atoms with E-state index in [2.05, 4.69) is 11.0 Å². The van der Waals surface area contributed by atoms with Crippen molar-refractivity contribution in [2.45, 2.75) is 38.1 Å². The highest BCUT2D eigenvalue weighted by molar-refractivity contribution is 5.85. The maximum Gasteiger partial charge on any atom is 0.226 e. The molecular formula is C19H27ClN2O3. The van der Waals surface area contributed by atoms with Crippen LogP contribution in [0, 0.1) is 11.8 Å². The van der Waals surface area contributed by atoms with E-state index in [0.717, 1.165) is 55.7 Å². The van der Waals surface area contributed by atoms with Crippen LogP contribution in [0.3, 0.4) is 0 Å². The number of nitrogens with two attached hydrogens (primary N) is 1. The summed E-state index contributed by atoms with van der Waals surface area (Å²) < 4.78 is 11.6. The van der Waals surface area contributed by atoms with Crippen molar-refractivity contribution < 1.29 is 14.3 Å². The average Bonchev–Trinajstić information content (AvgIpc) is 3.29. The fraction of sp³-hybridized carbons (Fsp3) is 0.632. The zero-order valence-corrected chi connectivity index (χ0v) is 15.3. The number of carbonyl (C=O) groups is 1. The fourth-order valence-electron chi connectivity index (χ4n) is 4.57. The number of carbonyl (C=O) groups excluding carboxylic acids is 1. The number of hydrogen-bond acceptors (Lipinski definition) is 4. The first-order valence-corrected chi connectivity index (χ1v) is 9.18. The Hall–Kier alpha value is -1.46. The number of likely N-dealkylation sites (tertiary alicyclic amines) is 1. The van der Waals surface area contributed by atoms with Crippen LogP contribution >= 0.6 is 12.4 Å². The van der Waals surface area contributed by atoms with Gasteiger partial charge in [0.2, 0.25) is 5.91 Å². The number of hydrogen-bond donors (Lipinski definition) is 1. The van der Waals surface area contributed by atoms with Gasteiger partial charge in [0.05, 0.1) is 6.04 Å². The lowest BCUT2D eigenvalue weighted by molar-refractivity contribution is -0.137. The van der Waals surface area contributed by atoms with E-state index in [4.69, 9.17) is 15.2 Å². The van der Waals surface area contributed by atoms with Crippen LogP contribution in [0.2, 0.25) is 0 Å². The topological polar surface area (TPSA) is 64.8 Å². The molecule has 25 heavy (non-hydrogen) atoms. The molecule has 4 rings (SSSR count). The van der Waals surface area contributed by atoms with E-state index in [-0.39, 0.29) is 24.4 Å². The predicted octanol–water partition coefficient (Wildman–Crippen LogP) is 2.92. The third-order valence-corrected chi connectivity index (χ3v) is 5.77. The summed E-state index contributed by atoms with van der Waals surface area (Å²) in [5, 5.41) is 0. The molecule has 0 radical (unpaired) electrons. The first-order valence-electron chi connectivity index (χ1n) is 9.18. The van der Waals surface area contributed by atoms with Crippen molar-refractivity contribution in [1.29, 1.82) is 0 Å². The zero-order valence-electron chi connectivity index (χ0n) is 14.5. The van der Waals surface area contributed by atoms with Crippen molar-refractivity contribution in [2.24, 2.45) is 17.6 Å². The fourth-order valence-corrected chi connectivity index (χ4v) is 4.57. The van der Waals surface area contributed by atoms with Crippen molar-refractivity contribution in [2.75, 3.05) is 26.3 Å². The maximum absolute atomic E-state index is 13.2. The SMILES string of the molecule is Cl.NC[C@H]1CCC[C@H]1C(=O)N1CCCC1c1cccc2c1OCCO2. The lowest BCUT2D eigenvalue weighted by Gasteiger charge is -2.31. The van der Waals surface area contributed by atoms with E-state index < -0.39 is 0 Å². The van der Waals surface area contributed by atoms with Crippen LogP contribution in [0.4, 0.5) is 0 Å². The molecule has 1 amide bonds. The summed E-state index contributed by atoms with van der Waals surface area (Å²) in [6.45, 7) is 2.61. The van der Waals surface area contributed by atoms with Crippen molar-refractivity contribution in [3.63, 3.8) is 0 Å². The van der Waals surface area contributed by atoms with Gasteiger partial charge in [-0.15, -0.1) is 12.4 Å². The highest BCUT2D eigenvalue weighted by atomic mass is 35.5. The van der Waals surface area contributed by atoms with E-state index in [0.29, 0.717) is 31.6 Å². The van der Waals surface area contributed by atoms with Gasteiger partial charge in [-0.25, -0.2) is 0 Å². The van der Waals surface area contributed by atoms with E-state index >= 15 is 0 Å². The number of benzene rings is 1. The number of amides is 1. The first-order chi connectivity index (χ1) is 11.8. The minimum absolute atomic E-state index is 0. The molecule has 1 aromatic carbocycles. The van der Waals surface area contributed by atoms with Crippen LogP contribution < -0.4 is 15.2 Å². The minimum atomic E-state index is 0. The second kappa shape index (κ2) is 7.83. The van der Waals surface area contributed by atoms with Gasteiger partial charge in [0.25, 0.3) is 0 Å². The Bertz CT molecular complexity index is 625. The standard InChI is InChI=1S/C19H26N2O3.ClH/c20-12-13-4-1-5-14(13)19(22)21-9-3-7-16(21)15-6-2-8-17-18(15)24-11-10-23-17;/h2,6,8,13-14,16H,1,3-5,7,9-12,20H2;1H/t13-,14-,16?;/m1./s1. The molecule has 1 aromatic rings. The van der Waals surface area contributed by atoms with E-state index in [1.165, 1.54) is 0 Å². The molecule has 2 heterocycles. The van der Waals surface area contributed by atoms with Crippen LogP contribution in [0.15, 0.2) is 18.2 Å². The van der Waals surface area contributed by atoms with Crippen LogP contribution in [0.1, 0.15) is 43.7 Å². The number of fused-ring (bicyclic) bond motifs is 1. The number of ether oxygens (including phenoxy) is 2. The van der Waals surface area contributed by atoms with Crippen LogP contribution in [-0.4, -0.2) is 37.1 Å². The number of rotatable bonds is 3. The smallest absolute Gasteiger partial charge is 0.226 e. The minimum Gasteiger partial charge on any atom is -0.486 e. The van der Waals surface area contributed by atoms with Gasteiger partial charge >= 0.3 is 0 Å². The lowest BCUT2D eigenvalue weighted by Crippen LogP contribution is -2.38. The molecular weight excluding hydrogens is 340 g/mol. The van der Waals surface area contributed by atoms with Crippen molar-refractivity contribution >= 4 is 18.3 Å². The molecule has 0 aromatic heterocycles. The van der Waals surface area contributed by atoms with Gasteiger partial charge in [0.15, 0.2) is 11.5 Å². The Morgan fingerprint density at radius 3 is 2.84 bits per heavy atom. The predicted molar refractivity (Wildman–Crippen MR) is 98.3 cm³/mol. The van der Waals surface area contributed by atoms with Gasteiger partial charge in [0.1, 0.15) is 13.2 Å². The quantitative estimate of drug-likeness (QED) is 0.893. The molecule has 0 bridgehead atoms. The van der Waals surface area contributed by atoms with Gasteiger partial charge in [-0.1, -0.05) is 18.6 Å². The van der Waals surface area contributed by atoms with Gasteiger partial charge in [-0.2, -0.15) is 0 Å². The Morgan fingerprint density at radius 1 is 1.16 bits per heavy atom. The average molecular weight is 367 g/mol. The number of para-hydroxylation sites is 1. The molecule has 1 saturated carbocycles. The van der Waals surface area contributed by atoms with E-state index in [1.54, 1.807) is 0 Å². The molecule has 6 heteroatoms. The van der Waals surface area contributed by atoms with E-state index in [9.17, 15) is 4.79 Å². The summed E-state index contributed by atoms with van der Waals surface area (Å²) in [5.74, 6) is 2.38. The van der Waals surface area contributed by atoms with Crippen molar-refractivity contribution in [1.82, 2.24) is 4.90 Å². The number of halogens is 1. The van der Waals surface area contributed by atoms with E-state index in [1.807, 2.05) is 12.1 Å². The Balaban J connectivity index is 0.00000182. The highest BCUT2D eigenvalue weighted by Gasteiger charge is 2.40. The second-order valence-electron chi connectivity index (χ2n) is 7.09. The van der Waals surface area contributed by atoms with Crippen molar-refractivity contribution in [3.05, 3.63) is 23.8 Å². The molecule has 0 spiro atoms. The molecule has 2 aliphatic heterocycles. The molecule has 3 aliphatic rings. The molecule has 1 aliphatic carbocycles. The Morgan fingerprint density at radius 2 is 2.00 bits per heavy atom. The zero-order chi connectivity index (χ0) is 16.5. The Kier molecular flexibility index (Phi) is 5.74. The molecule has 1 saturated heterocycles. The maximum atomic E-state index is 13.2. The second-order valence-corrected chi connectivity index (χ2v) is 7.09. The molecule has 1 unspecified atom stereocenters. The summed E-state index contributed by atoms with van der Waals surface area (Å²) in [4.78, 5) is 15.2. The van der Waals surface area contributed by atoms with Gasteiger partial charge in [-0.3, -0.25) is 4.79 Å². The van der Waals surface area contributed by atoms with Gasteiger partial charge in [-0.05, 0) is 44.2 Å². The molecule has 2 N–H and O–H groups in total. The van der Waals surface area contributed by atoms with Crippen molar-refractivity contribution in [3.8, 4) is 11.5 Å². The summed E-state index contributed by atoms with van der Waals surface area (Å²) in [6, 6.07) is 6.13. The number of nitrogens with zero attached hydrogens (tertiary/aromatic N) is 1. The monoisotopic (exact) mass is 366 g/mol. The first kappa shape index (κ1) is 18.3. The largest absolute Gasteiger partial charge is 0.486 e. The Labute approximate surface area is 155 Å². The van der Waals surface area contributed by atoms with Crippen LogP contribution in [0.25, 0.3) is 0 Å².